The monoisotopic (exact) mass is 409 g/mol. The largest absolute Gasteiger partial charge is 0.454 e. The van der Waals surface area contributed by atoms with Crippen molar-refractivity contribution < 1.29 is 23.9 Å². The number of imide groups is 1. The molecule has 0 fully saturated rings. The van der Waals surface area contributed by atoms with Gasteiger partial charge in [-0.1, -0.05) is 54.6 Å². The third-order valence-corrected chi connectivity index (χ3v) is 3.91. The first kappa shape index (κ1) is 22.4. The van der Waals surface area contributed by atoms with Crippen LogP contribution in [-0.2, 0) is 20.7 Å². The minimum absolute atomic E-state index is 0.180. The third kappa shape index (κ3) is 7.59. The van der Waals surface area contributed by atoms with Gasteiger partial charge in [0.1, 0.15) is 6.04 Å². The molecule has 2 aromatic carbocycles. The van der Waals surface area contributed by atoms with Gasteiger partial charge in [-0.3, -0.25) is 14.9 Å². The van der Waals surface area contributed by atoms with E-state index < -0.39 is 36.5 Å². The number of hydrogen-bond donors (Lipinski definition) is 3. The molecule has 0 spiro atoms. The van der Waals surface area contributed by atoms with Gasteiger partial charge in [-0.2, -0.15) is 0 Å². The first-order valence-corrected chi connectivity index (χ1v) is 9.24. The lowest BCUT2D eigenvalue weighted by atomic mass is 10.1. The number of rotatable bonds is 9. The van der Waals surface area contributed by atoms with Crippen molar-refractivity contribution in [2.75, 3.05) is 13.2 Å². The minimum Gasteiger partial charge on any atom is -0.454 e. The second-order valence-corrected chi connectivity index (χ2v) is 6.24. The lowest BCUT2D eigenvalue weighted by Crippen LogP contribution is -2.45. The van der Waals surface area contributed by atoms with Crippen LogP contribution in [0.1, 0.15) is 15.9 Å². The van der Waals surface area contributed by atoms with E-state index in [0.29, 0.717) is 5.56 Å². The number of ether oxygens (including phenoxy) is 1. The van der Waals surface area contributed by atoms with Gasteiger partial charge in [-0.15, -0.1) is 6.58 Å². The summed E-state index contributed by atoms with van der Waals surface area (Å²) in [5.74, 6) is -2.02. The van der Waals surface area contributed by atoms with Crippen molar-refractivity contribution in [3.63, 3.8) is 0 Å². The molecule has 1 atom stereocenters. The highest BCUT2D eigenvalue weighted by atomic mass is 16.5. The fourth-order valence-corrected chi connectivity index (χ4v) is 2.48. The summed E-state index contributed by atoms with van der Waals surface area (Å²) < 4.78 is 5.01. The predicted octanol–water partition coefficient (Wildman–Crippen LogP) is 1.58. The number of benzene rings is 2. The van der Waals surface area contributed by atoms with Crippen LogP contribution in [-0.4, -0.2) is 43.0 Å². The van der Waals surface area contributed by atoms with Crippen molar-refractivity contribution in [3.05, 3.63) is 84.4 Å². The molecule has 30 heavy (non-hydrogen) atoms. The maximum absolute atomic E-state index is 12.5. The number of carbonyl (C=O) groups is 4. The SMILES string of the molecule is C=CCNC(=O)NC(=O)COC(=O)[C@H](Cc1ccccc1)NC(=O)c1ccccc1. The summed E-state index contributed by atoms with van der Waals surface area (Å²) in [4.78, 5) is 48.2. The number of urea groups is 1. The summed E-state index contributed by atoms with van der Waals surface area (Å²) >= 11 is 0. The van der Waals surface area contributed by atoms with E-state index in [9.17, 15) is 19.2 Å². The summed E-state index contributed by atoms with van der Waals surface area (Å²) in [6, 6.07) is 15.8. The highest BCUT2D eigenvalue weighted by Gasteiger charge is 2.24. The molecule has 0 unspecified atom stereocenters. The van der Waals surface area contributed by atoms with E-state index in [4.69, 9.17) is 4.74 Å². The van der Waals surface area contributed by atoms with E-state index in [-0.39, 0.29) is 13.0 Å². The van der Waals surface area contributed by atoms with Crippen LogP contribution in [0.4, 0.5) is 4.79 Å². The van der Waals surface area contributed by atoms with Gasteiger partial charge in [-0.25, -0.2) is 9.59 Å². The van der Waals surface area contributed by atoms with E-state index >= 15 is 0 Å². The van der Waals surface area contributed by atoms with Gasteiger partial charge in [-0.05, 0) is 17.7 Å². The van der Waals surface area contributed by atoms with Gasteiger partial charge < -0.3 is 15.4 Å². The molecule has 0 aliphatic rings. The molecule has 0 aromatic heterocycles. The van der Waals surface area contributed by atoms with Crippen molar-refractivity contribution in [1.29, 1.82) is 0 Å². The molecule has 156 valence electrons. The van der Waals surface area contributed by atoms with Gasteiger partial charge >= 0.3 is 12.0 Å². The number of esters is 1. The molecule has 0 bridgehead atoms. The number of nitrogens with one attached hydrogen (secondary N) is 3. The lowest BCUT2D eigenvalue weighted by molar-refractivity contribution is -0.150. The van der Waals surface area contributed by atoms with Crippen molar-refractivity contribution in [3.8, 4) is 0 Å². The van der Waals surface area contributed by atoms with Crippen molar-refractivity contribution in [2.45, 2.75) is 12.5 Å². The van der Waals surface area contributed by atoms with Crippen molar-refractivity contribution in [1.82, 2.24) is 16.0 Å². The Morgan fingerprint density at radius 1 is 0.967 bits per heavy atom. The zero-order chi connectivity index (χ0) is 21.8. The molecule has 2 rings (SSSR count). The molecule has 0 aliphatic heterocycles. The number of hydrogen-bond acceptors (Lipinski definition) is 5. The molecule has 0 saturated carbocycles. The van der Waals surface area contributed by atoms with Crippen molar-refractivity contribution in [2.24, 2.45) is 0 Å². The van der Waals surface area contributed by atoms with E-state index in [1.165, 1.54) is 6.08 Å². The van der Waals surface area contributed by atoms with Crippen LogP contribution < -0.4 is 16.0 Å². The van der Waals surface area contributed by atoms with Crippen LogP contribution in [0.3, 0.4) is 0 Å². The summed E-state index contributed by atoms with van der Waals surface area (Å²) in [5, 5.41) is 7.03. The number of amides is 4. The predicted molar refractivity (Wildman–Crippen MR) is 111 cm³/mol. The molecule has 0 heterocycles. The molecule has 3 N–H and O–H groups in total. The molecular weight excluding hydrogens is 386 g/mol. The van der Waals surface area contributed by atoms with E-state index in [1.807, 2.05) is 35.6 Å². The second kappa shape index (κ2) is 11.8. The van der Waals surface area contributed by atoms with E-state index in [0.717, 1.165) is 5.56 Å². The smallest absolute Gasteiger partial charge is 0.329 e. The maximum Gasteiger partial charge on any atom is 0.329 e. The van der Waals surface area contributed by atoms with Crippen LogP contribution in [0.5, 0.6) is 0 Å². The minimum atomic E-state index is -1.01. The Kier molecular flexibility index (Phi) is 8.79. The molecule has 0 radical (unpaired) electrons. The number of carbonyl (C=O) groups excluding carboxylic acids is 4. The fraction of sp³-hybridized carbons (Fsp3) is 0.182. The van der Waals surface area contributed by atoms with E-state index in [1.54, 1.807) is 30.3 Å². The highest BCUT2D eigenvalue weighted by molar-refractivity contribution is 5.98. The van der Waals surface area contributed by atoms with Crippen LogP contribution >= 0.6 is 0 Å². The standard InChI is InChI=1S/C22H23N3O5/c1-2-13-23-22(29)25-19(26)15-30-21(28)18(14-16-9-5-3-6-10-16)24-20(27)17-11-7-4-8-12-17/h2-12,18H,1,13-15H2,(H,24,27)(H2,23,25,26,29)/t18-/m0/s1. The molecule has 4 amide bonds. The molecule has 8 nitrogen and oxygen atoms in total. The molecule has 2 aromatic rings. The Morgan fingerprint density at radius 2 is 1.60 bits per heavy atom. The first-order valence-electron chi connectivity index (χ1n) is 9.24. The maximum atomic E-state index is 12.5. The average molecular weight is 409 g/mol. The Bertz CT molecular complexity index is 884. The molecular formula is C22H23N3O5. The second-order valence-electron chi connectivity index (χ2n) is 6.24. The van der Waals surface area contributed by atoms with Gasteiger partial charge in [0.2, 0.25) is 0 Å². The van der Waals surface area contributed by atoms with Gasteiger partial charge in [0.15, 0.2) is 6.61 Å². The molecule has 8 heteroatoms. The van der Waals surface area contributed by atoms with Gasteiger partial charge in [0.05, 0.1) is 0 Å². The lowest BCUT2D eigenvalue weighted by Gasteiger charge is -2.18. The Labute approximate surface area is 174 Å². The normalized spacial score (nSPS) is 10.9. The Hall–Kier alpha value is -3.94. The van der Waals surface area contributed by atoms with Crippen LogP contribution in [0.2, 0.25) is 0 Å². The van der Waals surface area contributed by atoms with Crippen LogP contribution in [0, 0.1) is 0 Å². The quantitative estimate of drug-likeness (QED) is 0.430. The first-order chi connectivity index (χ1) is 14.5. The third-order valence-electron chi connectivity index (χ3n) is 3.91. The van der Waals surface area contributed by atoms with Gasteiger partial charge in [0, 0.05) is 18.5 Å². The summed E-state index contributed by atoms with van der Waals surface area (Å²) in [6.07, 6.45) is 1.63. The highest BCUT2D eigenvalue weighted by Crippen LogP contribution is 2.07. The summed E-state index contributed by atoms with van der Waals surface area (Å²) in [5.41, 5.74) is 1.20. The topological polar surface area (TPSA) is 114 Å². The Morgan fingerprint density at radius 3 is 2.23 bits per heavy atom. The van der Waals surface area contributed by atoms with Crippen molar-refractivity contribution >= 4 is 23.8 Å². The molecule has 0 saturated heterocycles. The molecule has 0 aliphatic carbocycles. The zero-order valence-corrected chi connectivity index (χ0v) is 16.3. The van der Waals surface area contributed by atoms with Crippen LogP contribution in [0.15, 0.2) is 73.3 Å². The van der Waals surface area contributed by atoms with E-state index in [2.05, 4.69) is 17.2 Å². The zero-order valence-electron chi connectivity index (χ0n) is 16.3. The summed E-state index contributed by atoms with van der Waals surface area (Å²) in [6.45, 7) is 2.96. The van der Waals surface area contributed by atoms with Crippen LogP contribution in [0.25, 0.3) is 0 Å². The van der Waals surface area contributed by atoms with Gasteiger partial charge in [0.25, 0.3) is 11.8 Å². The average Bonchev–Trinajstić information content (AvgIpc) is 2.76. The fourth-order valence-electron chi connectivity index (χ4n) is 2.48. The Balaban J connectivity index is 1.99. The summed E-state index contributed by atoms with van der Waals surface area (Å²) in [7, 11) is 0.